The Labute approximate surface area is 222 Å². The van der Waals surface area contributed by atoms with Gasteiger partial charge in [0.2, 0.25) is 0 Å². The van der Waals surface area contributed by atoms with Crippen molar-refractivity contribution in [3.05, 3.63) is 111 Å². The SMILES string of the molecule is O=c1c2ccccc2c(Cc2ccc(F)cc2)nn1C1CC[NH+](CCCc2ccc(Cl)cc2)CC1.[Cl-]. The summed E-state index contributed by atoms with van der Waals surface area (Å²) in [4.78, 5) is 14.9. The number of likely N-dealkylation sites (tertiary alicyclic amines) is 1. The average molecular weight is 526 g/mol. The van der Waals surface area contributed by atoms with Gasteiger partial charge in [-0.15, -0.1) is 0 Å². The minimum Gasteiger partial charge on any atom is -1.00 e. The van der Waals surface area contributed by atoms with E-state index < -0.39 is 0 Å². The highest BCUT2D eigenvalue weighted by atomic mass is 35.5. The van der Waals surface area contributed by atoms with Gasteiger partial charge in [0.15, 0.2) is 0 Å². The Hall–Kier alpha value is -2.73. The number of hydrogen-bond donors (Lipinski definition) is 1. The van der Waals surface area contributed by atoms with Crippen molar-refractivity contribution >= 4 is 22.4 Å². The summed E-state index contributed by atoms with van der Waals surface area (Å²) in [5.41, 5.74) is 3.16. The van der Waals surface area contributed by atoms with E-state index in [4.69, 9.17) is 16.7 Å². The maximum absolute atomic E-state index is 13.4. The maximum atomic E-state index is 13.4. The van der Waals surface area contributed by atoms with Crippen LogP contribution in [-0.4, -0.2) is 29.4 Å². The highest BCUT2D eigenvalue weighted by Gasteiger charge is 2.26. The van der Waals surface area contributed by atoms with Crippen molar-refractivity contribution in [1.82, 2.24) is 9.78 Å². The molecule has 1 fully saturated rings. The number of piperidine rings is 1. The van der Waals surface area contributed by atoms with Gasteiger partial charge in [-0.2, -0.15) is 5.10 Å². The van der Waals surface area contributed by atoms with Gasteiger partial charge in [-0.05, 0) is 47.9 Å². The van der Waals surface area contributed by atoms with Gasteiger partial charge in [0.05, 0.1) is 36.8 Å². The summed E-state index contributed by atoms with van der Waals surface area (Å²) in [6.45, 7) is 3.21. The summed E-state index contributed by atoms with van der Waals surface area (Å²) in [5.74, 6) is -0.251. The number of benzene rings is 3. The fourth-order valence-electron chi connectivity index (χ4n) is 5.15. The van der Waals surface area contributed by atoms with Crippen LogP contribution in [0.25, 0.3) is 10.8 Å². The second-order valence-electron chi connectivity index (χ2n) is 9.51. The van der Waals surface area contributed by atoms with E-state index in [1.54, 1.807) is 21.7 Å². The monoisotopic (exact) mass is 525 g/mol. The van der Waals surface area contributed by atoms with Crippen molar-refractivity contribution in [3.63, 3.8) is 0 Å². The van der Waals surface area contributed by atoms with Gasteiger partial charge in [0.1, 0.15) is 5.82 Å². The Bertz CT molecular complexity index is 1350. The average Bonchev–Trinajstić information content (AvgIpc) is 2.89. The van der Waals surface area contributed by atoms with E-state index in [-0.39, 0.29) is 29.8 Å². The van der Waals surface area contributed by atoms with E-state index in [0.717, 1.165) is 67.0 Å². The second kappa shape index (κ2) is 12.0. The molecule has 7 heteroatoms. The predicted molar refractivity (Wildman–Crippen MR) is 139 cm³/mol. The summed E-state index contributed by atoms with van der Waals surface area (Å²) < 4.78 is 15.1. The number of halogens is 3. The largest absolute Gasteiger partial charge is 1.00 e. The smallest absolute Gasteiger partial charge is 0.274 e. The summed E-state index contributed by atoms with van der Waals surface area (Å²) in [5, 5.41) is 7.23. The first-order valence-electron chi connectivity index (χ1n) is 12.4. The van der Waals surface area contributed by atoms with Crippen molar-refractivity contribution in [2.24, 2.45) is 0 Å². The lowest BCUT2D eigenvalue weighted by Gasteiger charge is -2.30. The Morgan fingerprint density at radius 1 is 0.917 bits per heavy atom. The normalized spacial score (nSPS) is 17.6. The fourth-order valence-corrected chi connectivity index (χ4v) is 5.27. The first-order chi connectivity index (χ1) is 17.1. The molecule has 4 aromatic rings. The van der Waals surface area contributed by atoms with E-state index in [9.17, 15) is 9.18 Å². The molecular formula is C29H30Cl2FN3O. The molecule has 0 radical (unpaired) electrons. The third-order valence-corrected chi connectivity index (χ3v) is 7.36. The summed E-state index contributed by atoms with van der Waals surface area (Å²) >= 11 is 5.98. The Kier molecular flexibility index (Phi) is 8.78. The molecular weight excluding hydrogens is 496 g/mol. The van der Waals surface area contributed by atoms with Crippen LogP contribution >= 0.6 is 11.6 Å². The van der Waals surface area contributed by atoms with Crippen molar-refractivity contribution in [3.8, 4) is 0 Å². The van der Waals surface area contributed by atoms with Crippen LogP contribution < -0.4 is 22.9 Å². The Balaban J connectivity index is 0.00000304. The molecule has 0 spiro atoms. The van der Waals surface area contributed by atoms with E-state index >= 15 is 0 Å². The lowest BCUT2D eigenvalue weighted by molar-refractivity contribution is -0.906. The third kappa shape index (κ3) is 6.15. The maximum Gasteiger partial charge on any atom is 0.274 e. The number of hydrogen-bond acceptors (Lipinski definition) is 2. The zero-order valence-electron chi connectivity index (χ0n) is 20.1. The van der Waals surface area contributed by atoms with E-state index in [1.165, 1.54) is 17.7 Å². The summed E-state index contributed by atoms with van der Waals surface area (Å²) in [6.07, 6.45) is 4.64. The van der Waals surface area contributed by atoms with Crippen LogP contribution in [-0.2, 0) is 12.8 Å². The molecule has 4 nitrogen and oxygen atoms in total. The zero-order chi connectivity index (χ0) is 24.2. The first-order valence-corrected chi connectivity index (χ1v) is 12.8. The van der Waals surface area contributed by atoms with Crippen LogP contribution in [0, 0.1) is 5.82 Å². The number of nitrogens with one attached hydrogen (secondary N) is 1. The van der Waals surface area contributed by atoms with Gasteiger partial charge in [-0.3, -0.25) is 4.79 Å². The molecule has 3 aromatic carbocycles. The molecule has 2 heterocycles. The van der Waals surface area contributed by atoms with Crippen LogP contribution in [0.3, 0.4) is 0 Å². The van der Waals surface area contributed by atoms with Crippen LogP contribution in [0.1, 0.15) is 42.1 Å². The number of aromatic nitrogens is 2. The molecule has 188 valence electrons. The van der Waals surface area contributed by atoms with Crippen LogP contribution in [0.5, 0.6) is 0 Å². The van der Waals surface area contributed by atoms with Gasteiger partial charge >= 0.3 is 0 Å². The molecule has 1 aliphatic heterocycles. The minimum atomic E-state index is -0.251. The quantitative estimate of drug-likeness (QED) is 0.398. The van der Waals surface area contributed by atoms with Crippen molar-refractivity contribution < 1.29 is 21.7 Å². The fraction of sp³-hybridized carbons (Fsp3) is 0.310. The van der Waals surface area contributed by atoms with Gasteiger partial charge < -0.3 is 17.3 Å². The molecule has 1 aliphatic rings. The zero-order valence-corrected chi connectivity index (χ0v) is 21.6. The molecule has 0 aliphatic carbocycles. The predicted octanol–water partition coefficient (Wildman–Crippen LogP) is 1.64. The van der Waals surface area contributed by atoms with Gasteiger partial charge in [-0.1, -0.05) is 54.1 Å². The first kappa shape index (κ1) is 26.3. The molecule has 5 rings (SSSR count). The number of rotatable bonds is 7. The summed E-state index contributed by atoms with van der Waals surface area (Å²) in [7, 11) is 0. The topological polar surface area (TPSA) is 39.3 Å². The summed E-state index contributed by atoms with van der Waals surface area (Å²) in [6, 6.07) is 22.4. The number of nitrogens with zero attached hydrogens (tertiary/aromatic N) is 2. The molecule has 36 heavy (non-hydrogen) atoms. The van der Waals surface area contributed by atoms with Crippen molar-refractivity contribution in [2.75, 3.05) is 19.6 Å². The van der Waals surface area contributed by atoms with Crippen LogP contribution in [0.2, 0.25) is 5.02 Å². The lowest BCUT2D eigenvalue weighted by atomic mass is 10.0. The van der Waals surface area contributed by atoms with E-state index in [2.05, 4.69) is 12.1 Å². The van der Waals surface area contributed by atoms with Crippen LogP contribution in [0.15, 0.2) is 77.6 Å². The molecule has 0 saturated carbocycles. The van der Waals surface area contributed by atoms with Gasteiger partial charge in [0, 0.05) is 36.1 Å². The van der Waals surface area contributed by atoms with Crippen molar-refractivity contribution in [2.45, 2.75) is 38.1 Å². The number of fused-ring (bicyclic) bond motifs is 1. The minimum absolute atomic E-state index is 0. The highest BCUT2D eigenvalue weighted by Crippen LogP contribution is 2.21. The van der Waals surface area contributed by atoms with Gasteiger partial charge in [-0.25, -0.2) is 9.07 Å². The Morgan fingerprint density at radius 2 is 1.56 bits per heavy atom. The third-order valence-electron chi connectivity index (χ3n) is 7.11. The standard InChI is InChI=1S/C29H29ClFN3O.ClH/c30-23-11-7-21(8-12-23)4-3-17-33-18-15-25(16-19-33)34-29(35)27-6-2-1-5-26(27)28(32-34)20-22-9-13-24(31)14-10-22;/h1-2,5-14,25H,3-4,15-20H2;1H. The van der Waals surface area contributed by atoms with Crippen LogP contribution in [0.4, 0.5) is 4.39 Å². The van der Waals surface area contributed by atoms with Gasteiger partial charge in [0.25, 0.3) is 5.56 Å². The molecule has 0 bridgehead atoms. The molecule has 0 amide bonds. The molecule has 0 unspecified atom stereocenters. The molecule has 0 atom stereocenters. The Morgan fingerprint density at radius 3 is 2.25 bits per heavy atom. The molecule has 1 N–H and O–H groups in total. The lowest BCUT2D eigenvalue weighted by Crippen LogP contribution is -3.13. The highest BCUT2D eigenvalue weighted by molar-refractivity contribution is 6.30. The molecule has 1 saturated heterocycles. The molecule has 1 aromatic heterocycles. The van der Waals surface area contributed by atoms with Crippen molar-refractivity contribution in [1.29, 1.82) is 0 Å². The number of aryl methyl sites for hydroxylation is 1. The van der Waals surface area contributed by atoms with E-state index in [1.807, 2.05) is 36.4 Å². The number of quaternary nitrogens is 1. The van der Waals surface area contributed by atoms with E-state index in [0.29, 0.717) is 11.8 Å². The second-order valence-corrected chi connectivity index (χ2v) is 9.94.